The van der Waals surface area contributed by atoms with Crippen molar-refractivity contribution in [2.24, 2.45) is 0 Å². The number of aryl methyl sites for hydroxylation is 1. The first-order chi connectivity index (χ1) is 8.55. The molecule has 2 N–H and O–H groups in total. The van der Waals surface area contributed by atoms with E-state index in [-0.39, 0.29) is 4.90 Å². The van der Waals surface area contributed by atoms with E-state index < -0.39 is 15.6 Å². The molecule has 0 unspecified atom stereocenters. The van der Waals surface area contributed by atoms with Crippen molar-refractivity contribution in [3.05, 3.63) is 23.3 Å². The summed E-state index contributed by atoms with van der Waals surface area (Å²) in [7, 11) is -1.97. The van der Waals surface area contributed by atoms with Gasteiger partial charge in [0, 0.05) is 12.6 Å². The number of hydrogen-bond acceptors (Lipinski definition) is 3. The van der Waals surface area contributed by atoms with Crippen molar-refractivity contribution in [2.45, 2.75) is 51.5 Å². The molecule has 0 saturated heterocycles. The molecule has 0 aliphatic carbocycles. The van der Waals surface area contributed by atoms with Crippen LogP contribution in [0, 0.1) is 13.8 Å². The van der Waals surface area contributed by atoms with E-state index in [1.54, 1.807) is 20.0 Å². The fourth-order valence-corrected chi connectivity index (χ4v) is 3.81. The average Bonchev–Trinajstić information content (AvgIpc) is 2.33. The van der Waals surface area contributed by atoms with Crippen LogP contribution in [-0.2, 0) is 10.0 Å². The lowest BCUT2D eigenvalue weighted by Crippen LogP contribution is -2.44. The van der Waals surface area contributed by atoms with Crippen LogP contribution in [0.1, 0.15) is 38.3 Å². The van der Waals surface area contributed by atoms with E-state index >= 15 is 0 Å². The first-order valence-corrected chi connectivity index (χ1v) is 7.84. The van der Waals surface area contributed by atoms with Gasteiger partial charge in [0.1, 0.15) is 4.90 Å². The Hall–Kier alpha value is -1.07. The van der Waals surface area contributed by atoms with Gasteiger partial charge in [0.2, 0.25) is 10.0 Å². The highest BCUT2D eigenvalue weighted by molar-refractivity contribution is 7.89. The molecule has 0 aliphatic rings. The lowest BCUT2D eigenvalue weighted by atomic mass is 10.0. The molecule has 4 nitrogen and oxygen atoms in total. The fraction of sp³-hybridized carbons (Fsp3) is 0.571. The first kappa shape index (κ1) is 16.0. The summed E-state index contributed by atoms with van der Waals surface area (Å²) in [6, 6.07) is 3.50. The van der Waals surface area contributed by atoms with Crippen molar-refractivity contribution in [3.8, 4) is 0 Å². The zero-order valence-electron chi connectivity index (χ0n) is 12.6. The van der Waals surface area contributed by atoms with E-state index in [1.165, 1.54) is 4.31 Å². The van der Waals surface area contributed by atoms with Gasteiger partial charge >= 0.3 is 0 Å². The number of benzene rings is 1. The smallest absolute Gasteiger partial charge is 0.245 e. The second-order valence-corrected chi connectivity index (χ2v) is 7.47. The van der Waals surface area contributed by atoms with Crippen molar-refractivity contribution in [1.82, 2.24) is 4.31 Å². The Kier molecular flexibility index (Phi) is 4.32. The van der Waals surface area contributed by atoms with Crippen molar-refractivity contribution in [2.75, 3.05) is 12.8 Å². The quantitative estimate of drug-likeness (QED) is 0.865. The van der Waals surface area contributed by atoms with Crippen molar-refractivity contribution < 1.29 is 8.42 Å². The van der Waals surface area contributed by atoms with Gasteiger partial charge in [0.05, 0.1) is 5.69 Å². The highest BCUT2D eigenvalue weighted by Gasteiger charge is 2.34. The first-order valence-electron chi connectivity index (χ1n) is 6.40. The Morgan fingerprint density at radius 1 is 1.26 bits per heavy atom. The van der Waals surface area contributed by atoms with Gasteiger partial charge in [-0.2, -0.15) is 4.31 Å². The van der Waals surface area contributed by atoms with E-state index in [0.29, 0.717) is 5.69 Å². The Morgan fingerprint density at radius 2 is 1.79 bits per heavy atom. The molecular formula is C14H24N2O2S. The van der Waals surface area contributed by atoms with Gasteiger partial charge in [0.15, 0.2) is 0 Å². The van der Waals surface area contributed by atoms with Gasteiger partial charge in [-0.3, -0.25) is 0 Å². The molecule has 1 aromatic rings. The summed E-state index contributed by atoms with van der Waals surface area (Å²) < 4.78 is 27.0. The van der Waals surface area contributed by atoms with Crippen LogP contribution in [-0.4, -0.2) is 25.3 Å². The molecule has 0 heterocycles. The molecule has 0 bridgehead atoms. The molecule has 0 aromatic heterocycles. The molecule has 0 atom stereocenters. The lowest BCUT2D eigenvalue weighted by Gasteiger charge is -2.34. The Bertz CT molecular complexity index is 577. The summed E-state index contributed by atoms with van der Waals surface area (Å²) in [6.45, 7) is 9.47. The average molecular weight is 284 g/mol. The van der Waals surface area contributed by atoms with Crippen molar-refractivity contribution in [1.29, 1.82) is 0 Å². The predicted octanol–water partition coefficient (Wildman–Crippen LogP) is 2.69. The topological polar surface area (TPSA) is 63.4 Å². The molecule has 0 radical (unpaired) electrons. The number of rotatable bonds is 4. The summed E-state index contributed by atoms with van der Waals surface area (Å²) in [5.74, 6) is 0. The molecular weight excluding hydrogens is 260 g/mol. The van der Waals surface area contributed by atoms with Crippen LogP contribution in [0.15, 0.2) is 17.0 Å². The maximum Gasteiger partial charge on any atom is 0.245 e. The summed E-state index contributed by atoms with van der Waals surface area (Å²) in [5.41, 5.74) is 7.40. The SMILES string of the molecule is CCC(C)(C)N(C)S(=O)(=O)c1c(N)ccc(C)c1C. The third-order valence-corrected chi connectivity index (χ3v) is 6.32. The van der Waals surface area contributed by atoms with Crippen LogP contribution < -0.4 is 5.73 Å². The van der Waals surface area contributed by atoms with Crippen LogP contribution >= 0.6 is 0 Å². The van der Waals surface area contributed by atoms with Gasteiger partial charge in [-0.15, -0.1) is 0 Å². The molecule has 1 rings (SSSR count). The minimum absolute atomic E-state index is 0.233. The monoisotopic (exact) mass is 284 g/mol. The van der Waals surface area contributed by atoms with Gasteiger partial charge in [0.25, 0.3) is 0 Å². The van der Waals surface area contributed by atoms with Crippen molar-refractivity contribution in [3.63, 3.8) is 0 Å². The molecule has 0 amide bonds. The van der Waals surface area contributed by atoms with E-state index in [9.17, 15) is 8.42 Å². The fourth-order valence-electron chi connectivity index (χ4n) is 1.84. The van der Waals surface area contributed by atoms with Gasteiger partial charge in [-0.25, -0.2) is 8.42 Å². The minimum Gasteiger partial charge on any atom is -0.398 e. The van der Waals surface area contributed by atoms with Crippen LogP contribution in [0.5, 0.6) is 0 Å². The summed E-state index contributed by atoms with van der Waals surface area (Å²) in [4.78, 5) is 0.233. The normalized spacial score (nSPS) is 13.0. The molecule has 5 heteroatoms. The summed E-state index contributed by atoms with van der Waals surface area (Å²) in [5, 5.41) is 0. The predicted molar refractivity (Wildman–Crippen MR) is 79.6 cm³/mol. The van der Waals surface area contributed by atoms with Gasteiger partial charge in [-0.1, -0.05) is 13.0 Å². The number of nitrogens with two attached hydrogens (primary N) is 1. The third kappa shape index (κ3) is 2.77. The van der Waals surface area contributed by atoms with Gasteiger partial charge in [-0.05, 0) is 51.3 Å². The molecule has 0 spiro atoms. The molecule has 108 valence electrons. The Balaban J connectivity index is 3.49. The molecule has 0 saturated carbocycles. The number of hydrogen-bond donors (Lipinski definition) is 1. The molecule has 1 aromatic carbocycles. The van der Waals surface area contributed by atoms with E-state index in [0.717, 1.165) is 17.5 Å². The number of sulfonamides is 1. The second-order valence-electron chi connectivity index (χ2n) is 5.56. The van der Waals surface area contributed by atoms with Crippen LogP contribution in [0.4, 0.5) is 5.69 Å². The molecule has 0 fully saturated rings. The van der Waals surface area contributed by atoms with Crippen LogP contribution in [0.2, 0.25) is 0 Å². The lowest BCUT2D eigenvalue weighted by molar-refractivity contribution is 0.257. The summed E-state index contributed by atoms with van der Waals surface area (Å²) >= 11 is 0. The van der Waals surface area contributed by atoms with Gasteiger partial charge < -0.3 is 5.73 Å². The Labute approximate surface area is 116 Å². The maximum absolute atomic E-state index is 12.8. The van der Waals surface area contributed by atoms with E-state index in [2.05, 4.69) is 0 Å². The highest BCUT2D eigenvalue weighted by Crippen LogP contribution is 2.31. The zero-order valence-corrected chi connectivity index (χ0v) is 13.4. The van der Waals surface area contributed by atoms with Crippen LogP contribution in [0.25, 0.3) is 0 Å². The minimum atomic E-state index is -3.58. The molecule has 19 heavy (non-hydrogen) atoms. The third-order valence-electron chi connectivity index (χ3n) is 4.04. The number of nitrogens with zero attached hydrogens (tertiary/aromatic N) is 1. The zero-order chi connectivity index (χ0) is 15.0. The number of anilines is 1. The maximum atomic E-state index is 12.8. The summed E-state index contributed by atoms with van der Waals surface area (Å²) in [6.07, 6.45) is 0.730. The second kappa shape index (κ2) is 5.13. The van der Waals surface area contributed by atoms with Crippen LogP contribution in [0.3, 0.4) is 0 Å². The van der Waals surface area contributed by atoms with E-state index in [1.807, 2.05) is 33.8 Å². The van der Waals surface area contributed by atoms with E-state index in [4.69, 9.17) is 5.73 Å². The number of nitrogen functional groups attached to an aromatic ring is 1. The standard InChI is InChI=1S/C14H24N2O2S/c1-7-14(4,5)16(6)19(17,18)13-11(3)10(2)8-9-12(13)15/h8-9H,7,15H2,1-6H3. The largest absolute Gasteiger partial charge is 0.398 e. The highest BCUT2D eigenvalue weighted by atomic mass is 32.2. The Morgan fingerprint density at radius 3 is 2.26 bits per heavy atom. The molecule has 0 aliphatic heterocycles. The van der Waals surface area contributed by atoms with Crippen molar-refractivity contribution >= 4 is 15.7 Å².